The molecule has 0 aliphatic carbocycles. The molecule has 2 N–H and O–H groups in total. The van der Waals surface area contributed by atoms with Gasteiger partial charge in [-0.1, -0.05) is 35.3 Å². The molecule has 0 aliphatic heterocycles. The van der Waals surface area contributed by atoms with E-state index < -0.39 is 0 Å². The van der Waals surface area contributed by atoms with Crippen LogP contribution in [0, 0.1) is 0 Å². The zero-order valence-electron chi connectivity index (χ0n) is 14.1. The zero-order chi connectivity index (χ0) is 18.2. The monoisotopic (exact) mass is 382 g/mol. The van der Waals surface area contributed by atoms with Crippen LogP contribution in [0.5, 0.6) is 11.5 Å². The lowest BCUT2D eigenvalue weighted by Gasteiger charge is -2.13. The van der Waals surface area contributed by atoms with E-state index in [4.69, 9.17) is 32.7 Å². The Kier molecular flexibility index (Phi) is 7.37. The van der Waals surface area contributed by atoms with E-state index in [1.54, 1.807) is 12.1 Å². The molecule has 134 valence electrons. The smallest absolute Gasteiger partial charge is 0.225 e. The fourth-order valence-corrected chi connectivity index (χ4v) is 2.56. The number of rotatable bonds is 8. The summed E-state index contributed by atoms with van der Waals surface area (Å²) >= 11 is 11.9. The van der Waals surface area contributed by atoms with E-state index in [1.165, 1.54) is 14.2 Å². The summed E-state index contributed by atoms with van der Waals surface area (Å²) in [5, 5.41) is 7.15. The third-order valence-corrected chi connectivity index (χ3v) is 4.07. The summed E-state index contributed by atoms with van der Waals surface area (Å²) in [7, 11) is 3.03. The highest BCUT2D eigenvalue weighted by Crippen LogP contribution is 2.35. The quantitative estimate of drug-likeness (QED) is 0.673. The fraction of sp³-hybridized carbons (Fsp3) is 0.278. The summed E-state index contributed by atoms with van der Waals surface area (Å²) in [6.45, 7) is 1.21. The number of nitrogens with one attached hydrogen (secondary N) is 2. The van der Waals surface area contributed by atoms with Gasteiger partial charge in [-0.2, -0.15) is 0 Å². The molecule has 0 atom stereocenters. The number of carbonyl (C=O) groups excluding carboxylic acids is 1. The van der Waals surface area contributed by atoms with Gasteiger partial charge in [0.25, 0.3) is 0 Å². The van der Waals surface area contributed by atoms with Crippen molar-refractivity contribution in [1.82, 2.24) is 5.32 Å². The first-order chi connectivity index (χ1) is 12.0. The van der Waals surface area contributed by atoms with Crippen LogP contribution in [0.1, 0.15) is 12.0 Å². The van der Waals surface area contributed by atoms with Crippen molar-refractivity contribution in [2.75, 3.05) is 26.1 Å². The summed E-state index contributed by atoms with van der Waals surface area (Å²) in [6.07, 6.45) is 0.321. The van der Waals surface area contributed by atoms with Crippen molar-refractivity contribution in [3.05, 3.63) is 52.0 Å². The molecule has 2 aromatic rings. The van der Waals surface area contributed by atoms with Gasteiger partial charge in [0, 0.05) is 36.7 Å². The first-order valence-electron chi connectivity index (χ1n) is 7.70. The molecule has 0 bridgehead atoms. The molecule has 5 nitrogen and oxygen atoms in total. The lowest BCUT2D eigenvalue weighted by molar-refractivity contribution is -0.116. The molecule has 0 unspecified atom stereocenters. The van der Waals surface area contributed by atoms with Gasteiger partial charge in [-0.25, -0.2) is 0 Å². The molecule has 0 saturated carbocycles. The van der Waals surface area contributed by atoms with Crippen LogP contribution in [-0.4, -0.2) is 26.7 Å². The maximum Gasteiger partial charge on any atom is 0.225 e. The second-order valence-electron chi connectivity index (χ2n) is 5.29. The van der Waals surface area contributed by atoms with Gasteiger partial charge in [0.05, 0.1) is 24.9 Å². The number of hydrogen-bond acceptors (Lipinski definition) is 4. The van der Waals surface area contributed by atoms with E-state index in [-0.39, 0.29) is 5.91 Å². The van der Waals surface area contributed by atoms with Crippen molar-refractivity contribution < 1.29 is 14.3 Å². The second-order valence-corrected chi connectivity index (χ2v) is 6.13. The Bertz CT molecular complexity index is 721. The SMILES string of the molecule is COc1cc(NC(=O)CCNCc2ccc(Cl)cc2)c(OC)cc1Cl. The van der Waals surface area contributed by atoms with Gasteiger partial charge >= 0.3 is 0 Å². The van der Waals surface area contributed by atoms with E-state index in [9.17, 15) is 4.79 Å². The van der Waals surface area contributed by atoms with Crippen molar-refractivity contribution >= 4 is 34.8 Å². The minimum atomic E-state index is -0.133. The van der Waals surface area contributed by atoms with Crippen molar-refractivity contribution in [3.8, 4) is 11.5 Å². The van der Waals surface area contributed by atoms with Gasteiger partial charge < -0.3 is 20.1 Å². The van der Waals surface area contributed by atoms with E-state index in [2.05, 4.69) is 10.6 Å². The molecule has 7 heteroatoms. The largest absolute Gasteiger partial charge is 0.495 e. The van der Waals surface area contributed by atoms with Crippen molar-refractivity contribution in [2.24, 2.45) is 0 Å². The lowest BCUT2D eigenvalue weighted by Crippen LogP contribution is -2.21. The molecule has 2 rings (SSSR count). The van der Waals surface area contributed by atoms with E-state index in [1.807, 2.05) is 24.3 Å². The van der Waals surface area contributed by atoms with Gasteiger partial charge in [-0.3, -0.25) is 4.79 Å². The van der Waals surface area contributed by atoms with E-state index in [0.717, 1.165) is 5.56 Å². The number of anilines is 1. The van der Waals surface area contributed by atoms with Crippen LogP contribution < -0.4 is 20.1 Å². The number of carbonyl (C=O) groups is 1. The Morgan fingerprint density at radius 1 is 1.04 bits per heavy atom. The summed E-state index contributed by atoms with van der Waals surface area (Å²) in [5.41, 5.74) is 1.63. The number of amides is 1. The van der Waals surface area contributed by atoms with Crippen molar-refractivity contribution in [2.45, 2.75) is 13.0 Å². The third-order valence-electron chi connectivity index (χ3n) is 3.52. The Morgan fingerprint density at radius 2 is 1.72 bits per heavy atom. The minimum absolute atomic E-state index is 0.133. The molecule has 0 radical (unpaired) electrons. The van der Waals surface area contributed by atoms with Crippen LogP contribution in [0.4, 0.5) is 5.69 Å². The summed E-state index contributed by atoms with van der Waals surface area (Å²) in [5.74, 6) is 0.818. The highest BCUT2D eigenvalue weighted by atomic mass is 35.5. The molecular weight excluding hydrogens is 363 g/mol. The van der Waals surface area contributed by atoms with Gasteiger partial charge in [-0.15, -0.1) is 0 Å². The first kappa shape index (κ1) is 19.4. The van der Waals surface area contributed by atoms with Crippen LogP contribution in [-0.2, 0) is 11.3 Å². The molecule has 0 fully saturated rings. The van der Waals surface area contributed by atoms with Gasteiger partial charge in [0.1, 0.15) is 11.5 Å². The molecule has 0 aromatic heterocycles. The Hall–Kier alpha value is -1.95. The summed E-state index contributed by atoms with van der Waals surface area (Å²) in [4.78, 5) is 12.1. The van der Waals surface area contributed by atoms with Crippen LogP contribution >= 0.6 is 23.2 Å². The highest BCUT2D eigenvalue weighted by molar-refractivity contribution is 6.32. The Balaban J connectivity index is 1.84. The van der Waals surface area contributed by atoms with Gasteiger partial charge in [0.2, 0.25) is 5.91 Å². The molecule has 0 heterocycles. The molecule has 0 spiro atoms. The van der Waals surface area contributed by atoms with E-state index >= 15 is 0 Å². The topological polar surface area (TPSA) is 59.6 Å². The summed E-state index contributed by atoms with van der Waals surface area (Å²) < 4.78 is 10.4. The number of benzene rings is 2. The van der Waals surface area contributed by atoms with Crippen LogP contribution in [0.2, 0.25) is 10.0 Å². The standard InChI is InChI=1S/C18H20Cl2N2O3/c1-24-16-10-15(17(25-2)9-14(16)20)22-18(23)7-8-21-11-12-3-5-13(19)6-4-12/h3-6,9-10,21H,7-8,11H2,1-2H3,(H,22,23). The van der Waals surface area contributed by atoms with Gasteiger partial charge in [0.15, 0.2) is 0 Å². The molecular formula is C18H20Cl2N2O3. The molecule has 2 aromatic carbocycles. The molecule has 1 amide bonds. The number of halogens is 2. The van der Waals surface area contributed by atoms with Gasteiger partial charge in [-0.05, 0) is 17.7 Å². The van der Waals surface area contributed by atoms with Crippen LogP contribution in [0.25, 0.3) is 0 Å². The minimum Gasteiger partial charge on any atom is -0.495 e. The highest BCUT2D eigenvalue weighted by Gasteiger charge is 2.12. The zero-order valence-corrected chi connectivity index (χ0v) is 15.6. The predicted octanol–water partition coefficient (Wildman–Crippen LogP) is 4.13. The maximum atomic E-state index is 12.1. The first-order valence-corrected chi connectivity index (χ1v) is 8.45. The Morgan fingerprint density at radius 3 is 2.36 bits per heavy atom. The molecule has 0 saturated heterocycles. The Labute approximate surface area is 157 Å². The number of ether oxygens (including phenoxy) is 2. The fourth-order valence-electron chi connectivity index (χ4n) is 2.21. The van der Waals surface area contributed by atoms with E-state index in [0.29, 0.717) is 46.7 Å². The van der Waals surface area contributed by atoms with Crippen molar-refractivity contribution in [1.29, 1.82) is 0 Å². The maximum absolute atomic E-state index is 12.1. The molecule has 25 heavy (non-hydrogen) atoms. The average Bonchev–Trinajstić information content (AvgIpc) is 2.61. The number of hydrogen-bond donors (Lipinski definition) is 2. The van der Waals surface area contributed by atoms with Crippen LogP contribution in [0.15, 0.2) is 36.4 Å². The second kappa shape index (κ2) is 9.51. The predicted molar refractivity (Wildman–Crippen MR) is 101 cm³/mol. The third kappa shape index (κ3) is 5.81. The molecule has 0 aliphatic rings. The normalized spacial score (nSPS) is 10.4. The van der Waals surface area contributed by atoms with Crippen molar-refractivity contribution in [3.63, 3.8) is 0 Å². The summed E-state index contributed by atoms with van der Waals surface area (Å²) in [6, 6.07) is 10.8. The lowest BCUT2D eigenvalue weighted by atomic mass is 10.2. The van der Waals surface area contributed by atoms with Crippen LogP contribution in [0.3, 0.4) is 0 Å². The number of methoxy groups -OCH3 is 2. The average molecular weight is 383 g/mol.